The van der Waals surface area contributed by atoms with Gasteiger partial charge < -0.3 is 19.2 Å². The van der Waals surface area contributed by atoms with Gasteiger partial charge in [0.05, 0.1) is 6.61 Å². The summed E-state index contributed by atoms with van der Waals surface area (Å²) in [7, 11) is 1.56. The molecule has 0 aliphatic heterocycles. The molecule has 0 aliphatic rings. The van der Waals surface area contributed by atoms with Crippen molar-refractivity contribution in [3.8, 4) is 0 Å². The zero-order chi connectivity index (χ0) is 14.4. The quantitative estimate of drug-likeness (QED) is 0.815. The highest BCUT2D eigenvalue weighted by Crippen LogP contribution is 2.12. The van der Waals surface area contributed by atoms with Gasteiger partial charge in [0.25, 0.3) is 5.91 Å². The van der Waals surface area contributed by atoms with Crippen LogP contribution in [0.3, 0.4) is 0 Å². The van der Waals surface area contributed by atoms with Crippen molar-refractivity contribution in [3.63, 3.8) is 0 Å². The van der Waals surface area contributed by atoms with Gasteiger partial charge in [-0.25, -0.2) is 4.79 Å². The maximum atomic E-state index is 12.2. The van der Waals surface area contributed by atoms with Gasteiger partial charge in [0, 0.05) is 20.2 Å². The molecule has 0 spiro atoms. The van der Waals surface area contributed by atoms with E-state index in [4.69, 9.17) is 14.3 Å². The summed E-state index contributed by atoms with van der Waals surface area (Å²) in [4.78, 5) is 24.5. The second-order valence-corrected chi connectivity index (χ2v) is 4.61. The molecule has 0 radical (unpaired) electrons. The maximum absolute atomic E-state index is 12.2. The van der Waals surface area contributed by atoms with Gasteiger partial charge in [-0.05, 0) is 18.1 Å². The molecule has 0 aliphatic carbocycles. The molecule has 1 N–H and O–H groups in total. The molecule has 0 unspecified atom stereocenters. The van der Waals surface area contributed by atoms with Crippen LogP contribution in [-0.4, -0.2) is 48.7 Å². The van der Waals surface area contributed by atoms with Crippen LogP contribution >= 0.6 is 0 Å². The molecular formula is C13H19NO5. The van der Waals surface area contributed by atoms with E-state index in [2.05, 4.69) is 0 Å². The molecule has 0 bridgehead atoms. The van der Waals surface area contributed by atoms with Crippen molar-refractivity contribution in [2.45, 2.75) is 13.8 Å². The summed E-state index contributed by atoms with van der Waals surface area (Å²) in [5.74, 6) is -1.41. The van der Waals surface area contributed by atoms with Gasteiger partial charge >= 0.3 is 5.97 Å². The number of carbonyl (C=O) groups excluding carboxylic acids is 1. The van der Waals surface area contributed by atoms with E-state index in [1.54, 1.807) is 12.0 Å². The molecule has 1 rings (SSSR count). The molecule has 1 heterocycles. The number of hydrogen-bond acceptors (Lipinski definition) is 4. The summed E-state index contributed by atoms with van der Waals surface area (Å²) in [5.41, 5.74) is 0. The van der Waals surface area contributed by atoms with Crippen molar-refractivity contribution in [2.24, 2.45) is 5.92 Å². The van der Waals surface area contributed by atoms with Crippen molar-refractivity contribution in [1.29, 1.82) is 0 Å². The van der Waals surface area contributed by atoms with Crippen molar-refractivity contribution in [1.82, 2.24) is 4.90 Å². The molecule has 1 aromatic heterocycles. The summed E-state index contributed by atoms with van der Waals surface area (Å²) in [6, 6.07) is 2.66. The number of aromatic carboxylic acids is 1. The van der Waals surface area contributed by atoms with Gasteiger partial charge in [0.2, 0.25) is 5.76 Å². The monoisotopic (exact) mass is 269 g/mol. The predicted octanol–water partition coefficient (Wildman–Crippen LogP) is 1.72. The lowest BCUT2D eigenvalue weighted by Crippen LogP contribution is -2.36. The van der Waals surface area contributed by atoms with Crippen LogP contribution in [0.15, 0.2) is 16.5 Å². The van der Waals surface area contributed by atoms with E-state index >= 15 is 0 Å². The van der Waals surface area contributed by atoms with E-state index in [9.17, 15) is 9.59 Å². The largest absolute Gasteiger partial charge is 0.475 e. The van der Waals surface area contributed by atoms with Gasteiger partial charge in [0.1, 0.15) is 0 Å². The van der Waals surface area contributed by atoms with Crippen LogP contribution in [0, 0.1) is 5.92 Å². The van der Waals surface area contributed by atoms with Crippen molar-refractivity contribution < 1.29 is 23.8 Å². The zero-order valence-electron chi connectivity index (χ0n) is 11.4. The lowest BCUT2D eigenvalue weighted by molar-refractivity contribution is 0.0618. The molecule has 6 nitrogen and oxygen atoms in total. The highest BCUT2D eigenvalue weighted by Gasteiger charge is 2.21. The Kier molecular flexibility index (Phi) is 5.57. The number of rotatable bonds is 7. The third-order valence-corrected chi connectivity index (χ3v) is 2.47. The second-order valence-electron chi connectivity index (χ2n) is 4.61. The van der Waals surface area contributed by atoms with Crippen molar-refractivity contribution >= 4 is 11.9 Å². The molecule has 0 aromatic carbocycles. The van der Waals surface area contributed by atoms with Gasteiger partial charge in [-0.1, -0.05) is 13.8 Å². The Morgan fingerprint density at radius 3 is 2.47 bits per heavy atom. The Morgan fingerprint density at radius 2 is 2.00 bits per heavy atom. The van der Waals surface area contributed by atoms with Crippen LogP contribution in [0.25, 0.3) is 0 Å². The lowest BCUT2D eigenvalue weighted by atomic mass is 10.2. The molecule has 0 atom stereocenters. The van der Waals surface area contributed by atoms with E-state index in [-0.39, 0.29) is 17.4 Å². The number of amides is 1. The van der Waals surface area contributed by atoms with Crippen molar-refractivity contribution in [3.05, 3.63) is 23.7 Å². The van der Waals surface area contributed by atoms with Crippen LogP contribution in [0.5, 0.6) is 0 Å². The standard InChI is InChI=1S/C13H19NO5/c1-9(2)8-14(6-7-18-3)12(15)10-4-5-11(19-10)13(16)17/h4-5,9H,6-8H2,1-3H3,(H,16,17). The third kappa shape index (κ3) is 4.40. The second kappa shape index (κ2) is 6.94. The normalized spacial score (nSPS) is 10.7. The zero-order valence-corrected chi connectivity index (χ0v) is 11.4. The molecule has 0 fully saturated rings. The first-order valence-electron chi connectivity index (χ1n) is 6.07. The highest BCUT2D eigenvalue weighted by molar-refractivity contribution is 5.93. The summed E-state index contributed by atoms with van der Waals surface area (Å²) in [6.07, 6.45) is 0. The molecule has 19 heavy (non-hydrogen) atoms. The average Bonchev–Trinajstić information content (AvgIpc) is 2.82. The van der Waals surface area contributed by atoms with Crippen LogP contribution in [-0.2, 0) is 4.74 Å². The number of hydrogen-bond donors (Lipinski definition) is 1. The van der Waals surface area contributed by atoms with E-state index < -0.39 is 5.97 Å². The molecule has 0 saturated carbocycles. The molecule has 0 saturated heterocycles. The summed E-state index contributed by atoms with van der Waals surface area (Å²) in [6.45, 7) is 5.42. The van der Waals surface area contributed by atoms with Gasteiger partial charge in [0.15, 0.2) is 5.76 Å². The number of ether oxygens (including phenoxy) is 1. The van der Waals surface area contributed by atoms with Crippen LogP contribution in [0.2, 0.25) is 0 Å². The number of nitrogens with zero attached hydrogens (tertiary/aromatic N) is 1. The minimum atomic E-state index is -1.19. The number of furan rings is 1. The summed E-state index contributed by atoms with van der Waals surface area (Å²) >= 11 is 0. The molecule has 1 amide bonds. The maximum Gasteiger partial charge on any atom is 0.371 e. The fourth-order valence-electron chi connectivity index (χ4n) is 1.64. The summed E-state index contributed by atoms with van der Waals surface area (Å²) < 4.78 is 9.98. The third-order valence-electron chi connectivity index (χ3n) is 2.47. The molecule has 106 valence electrons. The Hall–Kier alpha value is -1.82. The fraction of sp³-hybridized carbons (Fsp3) is 0.538. The smallest absolute Gasteiger partial charge is 0.371 e. The van der Waals surface area contributed by atoms with Gasteiger partial charge in [-0.15, -0.1) is 0 Å². The van der Waals surface area contributed by atoms with Crippen molar-refractivity contribution in [2.75, 3.05) is 26.8 Å². The number of carboxylic acids is 1. The first-order valence-corrected chi connectivity index (χ1v) is 6.07. The SMILES string of the molecule is COCCN(CC(C)C)C(=O)c1ccc(C(=O)O)o1. The van der Waals surface area contributed by atoms with Crippen LogP contribution in [0.1, 0.15) is 35.0 Å². The average molecular weight is 269 g/mol. The van der Waals surface area contributed by atoms with E-state index in [0.29, 0.717) is 25.6 Å². The lowest BCUT2D eigenvalue weighted by Gasteiger charge is -2.23. The number of methoxy groups -OCH3 is 1. The highest BCUT2D eigenvalue weighted by atomic mass is 16.5. The fourth-order valence-corrected chi connectivity index (χ4v) is 1.64. The Labute approximate surface area is 112 Å². The van der Waals surface area contributed by atoms with Crippen LogP contribution < -0.4 is 0 Å². The van der Waals surface area contributed by atoms with Gasteiger partial charge in [-0.3, -0.25) is 4.79 Å². The number of carboxylic acid groups (broad SMARTS) is 1. The van der Waals surface area contributed by atoms with Gasteiger partial charge in [-0.2, -0.15) is 0 Å². The topological polar surface area (TPSA) is 80.0 Å². The molecular weight excluding hydrogens is 250 g/mol. The Morgan fingerprint density at radius 1 is 1.37 bits per heavy atom. The van der Waals surface area contributed by atoms with Crippen LogP contribution in [0.4, 0.5) is 0 Å². The Balaban J connectivity index is 2.81. The first-order chi connectivity index (χ1) is 8.95. The first kappa shape index (κ1) is 15.2. The number of carbonyl (C=O) groups is 2. The minimum Gasteiger partial charge on any atom is -0.475 e. The molecule has 6 heteroatoms. The molecule has 1 aromatic rings. The van der Waals surface area contributed by atoms with E-state index in [1.807, 2.05) is 13.8 Å². The Bertz CT molecular complexity index is 438. The summed E-state index contributed by atoms with van der Waals surface area (Å²) in [5, 5.41) is 8.77. The minimum absolute atomic E-state index is 0.0363. The van der Waals surface area contributed by atoms with E-state index in [1.165, 1.54) is 12.1 Å². The van der Waals surface area contributed by atoms with E-state index in [0.717, 1.165) is 0 Å². The predicted molar refractivity (Wildman–Crippen MR) is 68.3 cm³/mol.